The zero-order valence-electron chi connectivity index (χ0n) is 17.2. The van der Waals surface area contributed by atoms with Crippen LogP contribution in [0.2, 0.25) is 0 Å². The van der Waals surface area contributed by atoms with Crippen LogP contribution in [0.1, 0.15) is 22.8 Å². The third kappa shape index (κ3) is 6.56. The van der Waals surface area contributed by atoms with Gasteiger partial charge in [0.05, 0.1) is 12.2 Å². The molecule has 0 aliphatic carbocycles. The van der Waals surface area contributed by atoms with Crippen molar-refractivity contribution in [3.63, 3.8) is 0 Å². The number of amides is 1. The molecular weight excluding hydrogens is 439 g/mol. The van der Waals surface area contributed by atoms with Crippen molar-refractivity contribution >= 4 is 29.0 Å². The van der Waals surface area contributed by atoms with Crippen molar-refractivity contribution in [1.82, 2.24) is 20.2 Å². The lowest BCUT2D eigenvalue weighted by Crippen LogP contribution is -2.22. The van der Waals surface area contributed by atoms with Gasteiger partial charge in [0, 0.05) is 35.9 Å². The third-order valence-corrected chi connectivity index (χ3v) is 4.00. The first kappa shape index (κ1) is 23.3. The average molecular weight is 457 g/mol. The second-order valence-corrected chi connectivity index (χ2v) is 6.39. The number of allylic oxidation sites excluding steroid dienone is 1. The third-order valence-electron chi connectivity index (χ3n) is 4.00. The maximum absolute atomic E-state index is 13.4. The second kappa shape index (κ2) is 10.3. The van der Waals surface area contributed by atoms with E-state index >= 15 is 0 Å². The summed E-state index contributed by atoms with van der Waals surface area (Å²) in [5.74, 6) is -0.459. The van der Waals surface area contributed by atoms with Crippen LogP contribution in [0.25, 0.3) is 5.70 Å². The van der Waals surface area contributed by atoms with Crippen LogP contribution in [0.15, 0.2) is 66.1 Å². The smallest absolute Gasteiger partial charge is 0.433 e. The minimum absolute atomic E-state index is 0.0202. The van der Waals surface area contributed by atoms with E-state index in [1.807, 2.05) is 0 Å². The van der Waals surface area contributed by atoms with Gasteiger partial charge in [-0.2, -0.15) is 13.2 Å². The first-order valence-electron chi connectivity index (χ1n) is 9.53. The Morgan fingerprint density at radius 2 is 1.97 bits per heavy atom. The van der Waals surface area contributed by atoms with E-state index in [9.17, 15) is 18.0 Å². The van der Waals surface area contributed by atoms with E-state index < -0.39 is 17.8 Å². The maximum atomic E-state index is 13.4. The van der Waals surface area contributed by atoms with Crippen LogP contribution in [0, 0.1) is 0 Å². The molecule has 1 amide bonds. The standard InChI is InChI=1S/C21H18F3N7O2/c1-2-33-19-8-5-14(12-27-19)20(32)29-18-7-6-17(30-31-18)28-16(21(22,23)24)10-15(25)13-4-3-9-26-11-13/h3-12H,2,25H2,1H3,(H,29,31,32). The highest BCUT2D eigenvalue weighted by atomic mass is 19.4. The zero-order chi connectivity index (χ0) is 23.8. The molecule has 3 aromatic rings. The molecule has 12 heteroatoms. The molecular formula is C21H18F3N7O2. The number of nitrogens with zero attached hydrogens (tertiary/aromatic N) is 5. The summed E-state index contributed by atoms with van der Waals surface area (Å²) in [5, 5.41) is 9.80. The van der Waals surface area contributed by atoms with E-state index in [2.05, 4.69) is 30.5 Å². The van der Waals surface area contributed by atoms with Crippen LogP contribution in [0.4, 0.5) is 24.8 Å². The predicted molar refractivity (Wildman–Crippen MR) is 115 cm³/mol. The lowest BCUT2D eigenvalue weighted by molar-refractivity contribution is -0.0576. The fourth-order valence-corrected chi connectivity index (χ4v) is 2.45. The number of halogens is 3. The molecule has 0 bridgehead atoms. The number of ether oxygens (including phenoxy) is 1. The Kier molecular flexibility index (Phi) is 7.28. The molecule has 3 rings (SSSR count). The van der Waals surface area contributed by atoms with Gasteiger partial charge >= 0.3 is 6.18 Å². The molecule has 0 fully saturated rings. The number of hydrogen-bond donors (Lipinski definition) is 2. The van der Waals surface area contributed by atoms with E-state index in [0.717, 1.165) is 0 Å². The quantitative estimate of drug-likeness (QED) is 0.519. The van der Waals surface area contributed by atoms with Crippen LogP contribution in [-0.4, -0.2) is 44.6 Å². The molecule has 3 heterocycles. The molecule has 9 nitrogen and oxygen atoms in total. The number of carbonyl (C=O) groups is 1. The summed E-state index contributed by atoms with van der Waals surface area (Å²) >= 11 is 0. The van der Waals surface area contributed by atoms with E-state index in [-0.39, 0.29) is 22.9 Å². The van der Waals surface area contributed by atoms with Crippen molar-refractivity contribution in [2.45, 2.75) is 13.1 Å². The number of pyridine rings is 2. The number of aliphatic imine (C=N–C) groups is 1. The highest BCUT2D eigenvalue weighted by Crippen LogP contribution is 2.23. The van der Waals surface area contributed by atoms with Crippen molar-refractivity contribution in [3.05, 3.63) is 72.2 Å². The van der Waals surface area contributed by atoms with E-state index in [0.29, 0.717) is 24.1 Å². The highest BCUT2D eigenvalue weighted by Gasteiger charge is 2.34. The topological polar surface area (TPSA) is 128 Å². The van der Waals surface area contributed by atoms with Crippen molar-refractivity contribution in [3.8, 4) is 5.88 Å². The predicted octanol–water partition coefficient (Wildman–Crippen LogP) is 3.55. The molecule has 0 spiro atoms. The fraction of sp³-hybridized carbons (Fsp3) is 0.143. The van der Waals surface area contributed by atoms with E-state index in [1.165, 1.54) is 48.9 Å². The summed E-state index contributed by atoms with van der Waals surface area (Å²) in [6.07, 6.45) is 0.0191. The molecule has 33 heavy (non-hydrogen) atoms. The molecule has 3 N–H and O–H groups in total. The summed E-state index contributed by atoms with van der Waals surface area (Å²) < 4.78 is 45.5. The first-order valence-corrected chi connectivity index (χ1v) is 9.53. The van der Waals surface area contributed by atoms with E-state index in [4.69, 9.17) is 10.5 Å². The average Bonchev–Trinajstić information content (AvgIpc) is 2.80. The summed E-state index contributed by atoms with van der Waals surface area (Å²) in [4.78, 5) is 23.6. The molecule has 3 aromatic heterocycles. The van der Waals surface area contributed by atoms with Gasteiger partial charge in [-0.25, -0.2) is 9.98 Å². The fourth-order valence-electron chi connectivity index (χ4n) is 2.45. The Labute approximate surface area is 186 Å². The number of hydrogen-bond acceptors (Lipinski definition) is 8. The Balaban J connectivity index is 1.76. The minimum atomic E-state index is -4.79. The Morgan fingerprint density at radius 1 is 1.15 bits per heavy atom. The molecule has 0 saturated heterocycles. The number of rotatable bonds is 7. The van der Waals surface area contributed by atoms with Crippen LogP contribution in [0.3, 0.4) is 0 Å². The van der Waals surface area contributed by atoms with Gasteiger partial charge in [0.15, 0.2) is 11.6 Å². The summed E-state index contributed by atoms with van der Waals surface area (Å²) in [6, 6.07) is 8.55. The number of aromatic nitrogens is 4. The van der Waals surface area contributed by atoms with Gasteiger partial charge in [0.2, 0.25) is 5.88 Å². The molecule has 170 valence electrons. The number of anilines is 1. The monoisotopic (exact) mass is 457 g/mol. The maximum Gasteiger partial charge on any atom is 0.433 e. The summed E-state index contributed by atoms with van der Waals surface area (Å²) in [5.41, 5.74) is 4.86. The molecule has 0 radical (unpaired) electrons. The lowest BCUT2D eigenvalue weighted by atomic mass is 10.2. The van der Waals surface area contributed by atoms with Gasteiger partial charge in [0.25, 0.3) is 5.91 Å². The summed E-state index contributed by atoms with van der Waals surface area (Å²) in [6.45, 7) is 2.24. The minimum Gasteiger partial charge on any atom is -0.478 e. The molecule has 0 aromatic carbocycles. The Hall–Kier alpha value is -4.35. The molecule has 0 aliphatic rings. The van der Waals surface area contributed by atoms with Crippen LogP contribution in [-0.2, 0) is 0 Å². The number of alkyl halides is 3. The second-order valence-electron chi connectivity index (χ2n) is 6.39. The molecule has 0 aliphatic heterocycles. The van der Waals surface area contributed by atoms with Gasteiger partial charge in [0.1, 0.15) is 5.71 Å². The van der Waals surface area contributed by atoms with Gasteiger partial charge in [-0.3, -0.25) is 9.78 Å². The van der Waals surface area contributed by atoms with Gasteiger partial charge in [-0.15, -0.1) is 10.2 Å². The highest BCUT2D eigenvalue weighted by molar-refractivity contribution is 6.05. The SMILES string of the molecule is CCOc1ccc(C(=O)Nc2ccc(N=C(C=C(N)c3cccnc3)C(F)(F)F)nn2)cn1. The van der Waals surface area contributed by atoms with Crippen LogP contribution in [0.5, 0.6) is 5.88 Å². The van der Waals surface area contributed by atoms with Crippen molar-refractivity contribution < 1.29 is 22.7 Å². The number of carbonyl (C=O) groups excluding carboxylic acids is 1. The number of nitrogens with two attached hydrogens (primary N) is 1. The Morgan fingerprint density at radius 3 is 2.55 bits per heavy atom. The zero-order valence-corrected chi connectivity index (χ0v) is 17.2. The van der Waals surface area contributed by atoms with Crippen LogP contribution < -0.4 is 15.8 Å². The lowest BCUT2D eigenvalue weighted by Gasteiger charge is -2.09. The molecule has 0 saturated carbocycles. The molecule has 0 atom stereocenters. The number of nitrogens with one attached hydrogen (secondary N) is 1. The normalized spacial score (nSPS) is 12.4. The van der Waals surface area contributed by atoms with Gasteiger partial charge < -0.3 is 15.8 Å². The van der Waals surface area contributed by atoms with Crippen molar-refractivity contribution in [2.75, 3.05) is 11.9 Å². The van der Waals surface area contributed by atoms with E-state index in [1.54, 1.807) is 13.0 Å². The first-order chi connectivity index (χ1) is 15.8. The largest absolute Gasteiger partial charge is 0.478 e. The van der Waals surface area contributed by atoms with Crippen molar-refractivity contribution in [2.24, 2.45) is 10.7 Å². The van der Waals surface area contributed by atoms with Gasteiger partial charge in [-0.1, -0.05) is 0 Å². The van der Waals surface area contributed by atoms with Gasteiger partial charge in [-0.05, 0) is 43.3 Å². The Bertz CT molecular complexity index is 1150. The van der Waals surface area contributed by atoms with Crippen molar-refractivity contribution in [1.29, 1.82) is 0 Å². The summed E-state index contributed by atoms with van der Waals surface area (Å²) in [7, 11) is 0. The van der Waals surface area contributed by atoms with Crippen LogP contribution >= 0.6 is 0 Å². The molecule has 0 unspecified atom stereocenters.